The van der Waals surface area contributed by atoms with Gasteiger partial charge in [0.15, 0.2) is 5.65 Å². The van der Waals surface area contributed by atoms with E-state index in [1.54, 1.807) is 7.11 Å². The highest BCUT2D eigenvalue weighted by Gasteiger charge is 2.10. The number of anilines is 1. The van der Waals surface area contributed by atoms with Gasteiger partial charge in [-0.1, -0.05) is 11.3 Å². The molecule has 8 nitrogen and oxygen atoms in total. The van der Waals surface area contributed by atoms with Gasteiger partial charge in [-0.2, -0.15) is 5.10 Å². The van der Waals surface area contributed by atoms with Crippen molar-refractivity contribution in [2.75, 3.05) is 12.8 Å². The zero-order chi connectivity index (χ0) is 16.5. The van der Waals surface area contributed by atoms with Gasteiger partial charge in [0.2, 0.25) is 0 Å². The van der Waals surface area contributed by atoms with Gasteiger partial charge in [-0.3, -0.25) is 0 Å². The molecule has 24 heavy (non-hydrogen) atoms. The Bertz CT molecular complexity index is 1000. The largest absolute Gasteiger partial charge is 0.497 e. The third-order valence-electron chi connectivity index (χ3n) is 3.75. The Morgan fingerprint density at radius 3 is 3.08 bits per heavy atom. The zero-order valence-corrected chi connectivity index (χ0v) is 13.0. The van der Waals surface area contributed by atoms with Crippen LogP contribution in [0, 0.1) is 0 Å². The van der Waals surface area contributed by atoms with Gasteiger partial charge in [0.05, 0.1) is 19.0 Å². The highest BCUT2D eigenvalue weighted by molar-refractivity contribution is 5.76. The van der Waals surface area contributed by atoms with Crippen molar-refractivity contribution in [3.05, 3.63) is 53.9 Å². The van der Waals surface area contributed by atoms with Gasteiger partial charge in [-0.25, -0.2) is 14.8 Å². The van der Waals surface area contributed by atoms with Crippen molar-refractivity contribution in [1.29, 1.82) is 0 Å². The van der Waals surface area contributed by atoms with Gasteiger partial charge < -0.3 is 10.5 Å². The fraction of sp³-hybridized carbons (Fsp3) is 0.125. The minimum Gasteiger partial charge on any atom is -0.497 e. The van der Waals surface area contributed by atoms with Crippen molar-refractivity contribution in [2.24, 2.45) is 0 Å². The maximum absolute atomic E-state index is 5.84. The number of rotatable bonds is 4. The van der Waals surface area contributed by atoms with Crippen LogP contribution in [0.3, 0.4) is 0 Å². The molecule has 0 radical (unpaired) electrons. The van der Waals surface area contributed by atoms with Gasteiger partial charge in [-0.15, -0.1) is 5.10 Å². The Hall–Kier alpha value is -3.42. The van der Waals surface area contributed by atoms with Crippen LogP contribution in [0.5, 0.6) is 5.75 Å². The molecule has 0 spiro atoms. The summed E-state index contributed by atoms with van der Waals surface area (Å²) in [5.74, 6) is 1.22. The van der Waals surface area contributed by atoms with E-state index in [4.69, 9.17) is 10.5 Å². The lowest BCUT2D eigenvalue weighted by molar-refractivity contribution is 0.414. The van der Waals surface area contributed by atoms with Gasteiger partial charge in [0.25, 0.3) is 0 Å². The Balaban J connectivity index is 1.66. The number of fused-ring (bicyclic) bond motifs is 1. The van der Waals surface area contributed by atoms with Crippen LogP contribution in [0.15, 0.2) is 42.7 Å². The fourth-order valence-electron chi connectivity index (χ4n) is 2.63. The normalized spacial score (nSPS) is 11.0. The molecule has 0 saturated heterocycles. The highest BCUT2D eigenvalue weighted by atomic mass is 16.5. The van der Waals surface area contributed by atoms with Crippen molar-refractivity contribution in [1.82, 2.24) is 30.2 Å². The molecule has 0 bridgehead atoms. The number of nitrogens with one attached hydrogen (secondary N) is 1. The number of pyridine rings is 1. The molecule has 0 atom stereocenters. The summed E-state index contributed by atoms with van der Waals surface area (Å²) in [6, 6.07) is 9.54. The number of benzene rings is 1. The summed E-state index contributed by atoms with van der Waals surface area (Å²) in [4.78, 5) is 4.17. The molecule has 0 aliphatic heterocycles. The maximum Gasteiger partial charge on any atom is 0.178 e. The van der Waals surface area contributed by atoms with E-state index in [9.17, 15) is 0 Å². The van der Waals surface area contributed by atoms with E-state index in [0.717, 1.165) is 28.1 Å². The Morgan fingerprint density at radius 1 is 1.29 bits per heavy atom. The number of hydrogen-bond acceptors (Lipinski definition) is 6. The summed E-state index contributed by atoms with van der Waals surface area (Å²) >= 11 is 0. The van der Waals surface area contributed by atoms with Crippen molar-refractivity contribution < 1.29 is 4.74 Å². The number of hydrogen-bond donors (Lipinski definition) is 2. The number of methoxy groups -OCH3 is 1. The molecular weight excluding hydrogens is 306 g/mol. The predicted octanol–water partition coefficient (Wildman–Crippen LogP) is 1.72. The van der Waals surface area contributed by atoms with Crippen LogP contribution >= 0.6 is 0 Å². The molecule has 120 valence electrons. The number of nitrogens with two attached hydrogens (primary N) is 1. The van der Waals surface area contributed by atoms with Crippen LogP contribution in [0.1, 0.15) is 11.1 Å². The first kappa shape index (κ1) is 14.2. The Kier molecular flexibility index (Phi) is 3.34. The number of aromatic amines is 1. The lowest BCUT2D eigenvalue weighted by atomic mass is 10.1. The molecule has 3 N–H and O–H groups in total. The lowest BCUT2D eigenvalue weighted by Gasteiger charge is -2.04. The standard InChI is InChI=1S/C16H15N7O/c1-24-13-4-2-3-12(7-13)23-9-10(8-18-23)5-11-6-14(17)19-16-15(11)20-22-21-16/h2-4,6-9H,5H2,1H3,(H3,17,19,20,21,22). The molecule has 3 aromatic heterocycles. The summed E-state index contributed by atoms with van der Waals surface area (Å²) in [5.41, 5.74) is 10.1. The quantitative estimate of drug-likeness (QED) is 0.592. The predicted molar refractivity (Wildman–Crippen MR) is 89.0 cm³/mol. The van der Waals surface area contributed by atoms with E-state index in [0.29, 0.717) is 17.9 Å². The monoisotopic (exact) mass is 321 g/mol. The molecule has 0 fully saturated rings. The van der Waals surface area contributed by atoms with Crippen molar-refractivity contribution in [2.45, 2.75) is 6.42 Å². The van der Waals surface area contributed by atoms with Crippen molar-refractivity contribution >= 4 is 17.0 Å². The SMILES string of the molecule is COc1cccc(-n2cc(Cc3cc(N)nc4[nH]nnc34)cn2)c1. The topological polar surface area (TPSA) is 108 Å². The van der Waals surface area contributed by atoms with Crippen LogP contribution in [0.25, 0.3) is 16.9 Å². The van der Waals surface area contributed by atoms with Crippen LogP contribution in [0.4, 0.5) is 5.82 Å². The Morgan fingerprint density at radius 2 is 2.21 bits per heavy atom. The number of ether oxygens (including phenoxy) is 1. The van der Waals surface area contributed by atoms with Gasteiger partial charge in [0, 0.05) is 18.7 Å². The summed E-state index contributed by atoms with van der Waals surface area (Å²) in [6.07, 6.45) is 4.43. The first-order valence-corrected chi connectivity index (χ1v) is 7.37. The minimum atomic E-state index is 0.434. The first-order valence-electron chi connectivity index (χ1n) is 7.37. The Labute approximate surface area is 137 Å². The fourth-order valence-corrected chi connectivity index (χ4v) is 2.63. The van der Waals surface area contributed by atoms with E-state index in [1.807, 2.05) is 47.4 Å². The van der Waals surface area contributed by atoms with Crippen LogP contribution < -0.4 is 10.5 Å². The van der Waals surface area contributed by atoms with Crippen LogP contribution in [-0.2, 0) is 6.42 Å². The number of nitrogens with zero attached hydrogens (tertiary/aromatic N) is 5. The summed E-state index contributed by atoms with van der Waals surface area (Å²) in [5, 5.41) is 15.0. The molecule has 1 aromatic carbocycles. The highest BCUT2D eigenvalue weighted by Crippen LogP contribution is 2.20. The molecule has 0 saturated carbocycles. The average Bonchev–Trinajstić information content (AvgIpc) is 3.24. The third kappa shape index (κ3) is 2.54. The molecule has 4 rings (SSSR count). The number of H-pyrrole nitrogens is 1. The van der Waals surface area contributed by atoms with E-state index in [-0.39, 0.29) is 0 Å². The zero-order valence-electron chi connectivity index (χ0n) is 13.0. The summed E-state index contributed by atoms with van der Waals surface area (Å²) in [7, 11) is 1.64. The third-order valence-corrected chi connectivity index (χ3v) is 3.75. The second-order valence-corrected chi connectivity index (χ2v) is 5.39. The molecule has 0 aliphatic rings. The van der Waals surface area contributed by atoms with Gasteiger partial charge >= 0.3 is 0 Å². The molecule has 0 amide bonds. The number of nitrogen functional groups attached to an aromatic ring is 1. The molecule has 3 heterocycles. The summed E-state index contributed by atoms with van der Waals surface area (Å²) in [6.45, 7) is 0. The molecular formula is C16H15N7O. The molecule has 4 aromatic rings. The molecule has 0 aliphatic carbocycles. The molecule has 0 unspecified atom stereocenters. The number of aromatic nitrogens is 6. The minimum absolute atomic E-state index is 0.434. The lowest BCUT2D eigenvalue weighted by Crippen LogP contribution is -1.96. The van der Waals surface area contributed by atoms with Crippen LogP contribution in [0.2, 0.25) is 0 Å². The van der Waals surface area contributed by atoms with Crippen molar-refractivity contribution in [3.63, 3.8) is 0 Å². The van der Waals surface area contributed by atoms with Crippen molar-refractivity contribution in [3.8, 4) is 11.4 Å². The van der Waals surface area contributed by atoms with E-state index >= 15 is 0 Å². The van der Waals surface area contributed by atoms with Gasteiger partial charge in [0.1, 0.15) is 17.1 Å². The van der Waals surface area contributed by atoms with E-state index < -0.39 is 0 Å². The van der Waals surface area contributed by atoms with E-state index in [1.165, 1.54) is 0 Å². The van der Waals surface area contributed by atoms with Gasteiger partial charge in [-0.05, 0) is 29.3 Å². The second kappa shape index (κ2) is 5.65. The summed E-state index contributed by atoms with van der Waals surface area (Å²) < 4.78 is 7.06. The average molecular weight is 321 g/mol. The smallest absolute Gasteiger partial charge is 0.178 e. The second-order valence-electron chi connectivity index (χ2n) is 5.39. The maximum atomic E-state index is 5.84. The molecule has 8 heteroatoms. The van der Waals surface area contributed by atoms with Crippen LogP contribution in [-0.4, -0.2) is 37.3 Å². The first-order chi connectivity index (χ1) is 11.7. The van der Waals surface area contributed by atoms with E-state index in [2.05, 4.69) is 25.5 Å².